The quantitative estimate of drug-likeness (QED) is 0.384. The van der Waals surface area contributed by atoms with Gasteiger partial charge in [-0.15, -0.1) is 0 Å². The number of unbranched alkanes of at least 4 members (excludes halogenated alkanes) is 2. The van der Waals surface area contributed by atoms with E-state index in [1.807, 2.05) is 24.3 Å². The summed E-state index contributed by atoms with van der Waals surface area (Å²) >= 11 is 5.86. The molecule has 1 aliphatic carbocycles. The van der Waals surface area contributed by atoms with Gasteiger partial charge in [-0.1, -0.05) is 56.4 Å². The van der Waals surface area contributed by atoms with Crippen molar-refractivity contribution in [2.45, 2.75) is 58.3 Å². The smallest absolute Gasteiger partial charge is 0.119 e. The fourth-order valence-corrected chi connectivity index (χ4v) is 3.40. The predicted octanol–water partition coefficient (Wildman–Crippen LogP) is 6.66. The minimum atomic E-state index is 0.651. The average molecular weight is 321 g/mol. The van der Waals surface area contributed by atoms with Crippen LogP contribution in [0.1, 0.15) is 58.3 Å². The molecule has 122 valence electrons. The van der Waals surface area contributed by atoms with Crippen molar-refractivity contribution in [2.24, 2.45) is 11.8 Å². The molecule has 0 aliphatic heterocycles. The Kier molecular flexibility index (Phi) is 7.87. The molecular weight excluding hydrogens is 292 g/mol. The van der Waals surface area contributed by atoms with Gasteiger partial charge in [0.1, 0.15) is 12.4 Å². The van der Waals surface area contributed by atoms with E-state index in [1.54, 1.807) is 0 Å². The molecular formula is C20H29ClO. The molecule has 0 radical (unpaired) electrons. The summed E-state index contributed by atoms with van der Waals surface area (Å²) in [5.74, 6) is 2.63. The second-order valence-electron chi connectivity index (χ2n) is 6.47. The minimum Gasteiger partial charge on any atom is -0.490 e. The summed E-state index contributed by atoms with van der Waals surface area (Å²) in [7, 11) is 0. The maximum absolute atomic E-state index is 5.86. The molecule has 1 aliphatic rings. The van der Waals surface area contributed by atoms with Gasteiger partial charge < -0.3 is 4.74 Å². The van der Waals surface area contributed by atoms with Crippen molar-refractivity contribution in [1.29, 1.82) is 0 Å². The first-order chi connectivity index (χ1) is 10.8. The van der Waals surface area contributed by atoms with E-state index < -0.39 is 0 Å². The lowest BCUT2D eigenvalue weighted by molar-refractivity contribution is 0.288. The Bertz CT molecular complexity index is 430. The van der Waals surface area contributed by atoms with Gasteiger partial charge in [0.15, 0.2) is 0 Å². The molecule has 2 rings (SSSR count). The molecule has 1 aromatic rings. The topological polar surface area (TPSA) is 9.23 Å². The zero-order valence-corrected chi connectivity index (χ0v) is 14.5. The number of hydrogen-bond donors (Lipinski definition) is 0. The highest BCUT2D eigenvalue weighted by atomic mass is 35.5. The maximum Gasteiger partial charge on any atom is 0.119 e. The first kappa shape index (κ1) is 17.4. The largest absolute Gasteiger partial charge is 0.490 e. The molecule has 2 heteroatoms. The van der Waals surface area contributed by atoms with Gasteiger partial charge in [0.05, 0.1) is 0 Å². The molecule has 0 spiro atoms. The van der Waals surface area contributed by atoms with Crippen LogP contribution in [0.5, 0.6) is 5.75 Å². The van der Waals surface area contributed by atoms with Crippen molar-refractivity contribution in [3.05, 3.63) is 41.4 Å². The van der Waals surface area contributed by atoms with E-state index in [4.69, 9.17) is 16.3 Å². The van der Waals surface area contributed by atoms with Crippen LogP contribution in [0.4, 0.5) is 0 Å². The summed E-state index contributed by atoms with van der Waals surface area (Å²) in [5.41, 5.74) is 0. The first-order valence-corrected chi connectivity index (χ1v) is 9.20. The highest BCUT2D eigenvalue weighted by molar-refractivity contribution is 6.30. The van der Waals surface area contributed by atoms with Gasteiger partial charge in [-0.3, -0.25) is 0 Å². The van der Waals surface area contributed by atoms with Crippen LogP contribution >= 0.6 is 11.6 Å². The third-order valence-corrected chi connectivity index (χ3v) is 4.93. The summed E-state index contributed by atoms with van der Waals surface area (Å²) in [6, 6.07) is 7.55. The zero-order chi connectivity index (χ0) is 15.6. The van der Waals surface area contributed by atoms with E-state index in [0.717, 1.165) is 22.6 Å². The highest BCUT2D eigenvalue weighted by Gasteiger charge is 2.18. The molecule has 0 unspecified atom stereocenters. The van der Waals surface area contributed by atoms with Gasteiger partial charge in [0.2, 0.25) is 0 Å². The Morgan fingerprint density at radius 2 is 1.82 bits per heavy atom. The number of hydrogen-bond acceptors (Lipinski definition) is 1. The molecule has 0 amide bonds. The first-order valence-electron chi connectivity index (χ1n) is 8.83. The summed E-state index contributed by atoms with van der Waals surface area (Å²) < 4.78 is 5.69. The van der Waals surface area contributed by atoms with Crippen LogP contribution in [0.25, 0.3) is 0 Å². The SMILES string of the molecule is CCCCC[C@H]1CC[C@H](/C=C/COc2ccc(Cl)cc2)CC1. The lowest BCUT2D eigenvalue weighted by Gasteiger charge is -2.26. The Labute approximate surface area is 140 Å². The van der Waals surface area contributed by atoms with Crippen molar-refractivity contribution >= 4 is 11.6 Å². The molecule has 0 heterocycles. The van der Waals surface area contributed by atoms with Crippen molar-refractivity contribution in [3.63, 3.8) is 0 Å². The van der Waals surface area contributed by atoms with E-state index in [2.05, 4.69) is 19.1 Å². The third-order valence-electron chi connectivity index (χ3n) is 4.68. The number of ether oxygens (including phenoxy) is 1. The van der Waals surface area contributed by atoms with E-state index in [0.29, 0.717) is 6.61 Å². The van der Waals surface area contributed by atoms with Crippen molar-refractivity contribution in [2.75, 3.05) is 6.61 Å². The van der Waals surface area contributed by atoms with Crippen LogP contribution in [0.3, 0.4) is 0 Å². The zero-order valence-electron chi connectivity index (χ0n) is 13.8. The molecule has 0 bridgehead atoms. The molecule has 0 atom stereocenters. The van der Waals surface area contributed by atoms with Gasteiger partial charge in [-0.25, -0.2) is 0 Å². The van der Waals surface area contributed by atoms with Crippen LogP contribution in [-0.2, 0) is 0 Å². The van der Waals surface area contributed by atoms with Gasteiger partial charge in [-0.05, 0) is 61.8 Å². The van der Waals surface area contributed by atoms with E-state index >= 15 is 0 Å². The second-order valence-corrected chi connectivity index (χ2v) is 6.91. The summed E-state index contributed by atoms with van der Waals surface area (Å²) in [4.78, 5) is 0. The number of allylic oxidation sites excluding steroid dienone is 1. The van der Waals surface area contributed by atoms with Crippen LogP contribution < -0.4 is 4.74 Å². The number of benzene rings is 1. The Morgan fingerprint density at radius 3 is 2.50 bits per heavy atom. The Balaban J connectivity index is 1.60. The molecule has 1 fully saturated rings. The minimum absolute atomic E-state index is 0.651. The summed E-state index contributed by atoms with van der Waals surface area (Å²) in [5, 5.41) is 0.749. The Morgan fingerprint density at radius 1 is 1.09 bits per heavy atom. The lowest BCUT2D eigenvalue weighted by Crippen LogP contribution is -2.13. The fourth-order valence-electron chi connectivity index (χ4n) is 3.28. The normalized spacial score (nSPS) is 22.1. The van der Waals surface area contributed by atoms with E-state index in [-0.39, 0.29) is 0 Å². The predicted molar refractivity (Wildman–Crippen MR) is 95.7 cm³/mol. The molecule has 0 N–H and O–H groups in total. The van der Waals surface area contributed by atoms with Crippen molar-refractivity contribution in [3.8, 4) is 5.75 Å². The monoisotopic (exact) mass is 320 g/mol. The number of rotatable bonds is 8. The summed E-state index contributed by atoms with van der Waals surface area (Å²) in [6.45, 7) is 2.94. The maximum atomic E-state index is 5.86. The van der Waals surface area contributed by atoms with Crippen LogP contribution in [0.15, 0.2) is 36.4 Å². The molecule has 1 nitrogen and oxygen atoms in total. The molecule has 1 aromatic carbocycles. The standard InChI is InChI=1S/C20H29ClO/c1-2-3-4-6-17-8-10-18(11-9-17)7-5-16-22-20-14-12-19(21)13-15-20/h5,7,12-15,17-18H,2-4,6,8-11,16H2,1H3/b7-5+/t17-,18-. The Hall–Kier alpha value is -0.950. The summed E-state index contributed by atoms with van der Waals surface area (Å²) in [6.07, 6.45) is 15.7. The highest BCUT2D eigenvalue weighted by Crippen LogP contribution is 2.32. The number of halogens is 1. The second kappa shape index (κ2) is 9.94. The van der Waals surface area contributed by atoms with E-state index in [1.165, 1.54) is 51.4 Å². The third kappa shape index (κ3) is 6.44. The molecule has 22 heavy (non-hydrogen) atoms. The average Bonchev–Trinajstić information content (AvgIpc) is 2.55. The van der Waals surface area contributed by atoms with Gasteiger partial charge in [0.25, 0.3) is 0 Å². The van der Waals surface area contributed by atoms with Gasteiger partial charge >= 0.3 is 0 Å². The molecule has 1 saturated carbocycles. The molecule has 0 aromatic heterocycles. The van der Waals surface area contributed by atoms with Crippen LogP contribution in [0.2, 0.25) is 5.02 Å². The van der Waals surface area contributed by atoms with Crippen LogP contribution in [0, 0.1) is 11.8 Å². The lowest BCUT2D eigenvalue weighted by atomic mass is 9.79. The van der Waals surface area contributed by atoms with Gasteiger partial charge in [-0.2, -0.15) is 0 Å². The van der Waals surface area contributed by atoms with Crippen molar-refractivity contribution < 1.29 is 4.74 Å². The van der Waals surface area contributed by atoms with E-state index in [9.17, 15) is 0 Å². The van der Waals surface area contributed by atoms with Crippen LogP contribution in [-0.4, -0.2) is 6.61 Å². The fraction of sp³-hybridized carbons (Fsp3) is 0.600. The van der Waals surface area contributed by atoms with Crippen molar-refractivity contribution in [1.82, 2.24) is 0 Å². The van der Waals surface area contributed by atoms with Gasteiger partial charge in [0, 0.05) is 5.02 Å². The molecule has 0 saturated heterocycles.